The molecule has 3 aromatic rings. The minimum atomic E-state index is -0.361. The molecule has 0 saturated carbocycles. The molecule has 2 aromatic carbocycles. The van der Waals surface area contributed by atoms with E-state index in [9.17, 15) is 9.59 Å². The smallest absolute Gasteiger partial charge is 0.258 e. The van der Waals surface area contributed by atoms with Gasteiger partial charge in [-0.3, -0.25) is 9.59 Å². The summed E-state index contributed by atoms with van der Waals surface area (Å²) in [7, 11) is 4.58. The summed E-state index contributed by atoms with van der Waals surface area (Å²) in [4.78, 5) is 25.3. The number of amides is 1. The van der Waals surface area contributed by atoms with Gasteiger partial charge in [0.05, 0.1) is 25.2 Å². The summed E-state index contributed by atoms with van der Waals surface area (Å²) in [5.74, 6) is 0.495. The highest BCUT2D eigenvalue weighted by molar-refractivity contribution is 6.31. The van der Waals surface area contributed by atoms with Crippen molar-refractivity contribution >= 4 is 34.0 Å². The number of aryl methyl sites for hydroxylation is 1. The Balaban J connectivity index is 2.17. The highest BCUT2D eigenvalue weighted by Gasteiger charge is 2.17. The molecule has 0 fully saturated rings. The zero-order chi connectivity index (χ0) is 18.8. The Morgan fingerprint density at radius 3 is 2.35 bits per heavy atom. The number of halogens is 1. The predicted octanol–water partition coefficient (Wildman–Crippen LogP) is 3.46. The number of hydrogen-bond donors (Lipinski definition) is 1. The van der Waals surface area contributed by atoms with Gasteiger partial charge in [-0.05, 0) is 30.3 Å². The van der Waals surface area contributed by atoms with E-state index in [2.05, 4.69) is 5.32 Å². The van der Waals surface area contributed by atoms with Gasteiger partial charge in [0.2, 0.25) is 0 Å². The van der Waals surface area contributed by atoms with Gasteiger partial charge >= 0.3 is 0 Å². The quantitative estimate of drug-likeness (QED) is 0.761. The van der Waals surface area contributed by atoms with E-state index >= 15 is 0 Å². The first-order valence-electron chi connectivity index (χ1n) is 7.77. The number of pyridine rings is 1. The van der Waals surface area contributed by atoms with Crippen molar-refractivity contribution in [2.75, 3.05) is 19.5 Å². The lowest BCUT2D eigenvalue weighted by molar-refractivity contribution is 0.102. The fourth-order valence-corrected chi connectivity index (χ4v) is 2.93. The van der Waals surface area contributed by atoms with E-state index < -0.39 is 0 Å². The molecule has 1 N–H and O–H groups in total. The van der Waals surface area contributed by atoms with Gasteiger partial charge in [-0.15, -0.1) is 0 Å². The van der Waals surface area contributed by atoms with Crippen LogP contribution >= 0.6 is 11.6 Å². The normalized spacial score (nSPS) is 10.6. The molecule has 0 aliphatic rings. The Bertz CT molecular complexity index is 1060. The van der Waals surface area contributed by atoms with Crippen LogP contribution in [0.25, 0.3) is 10.8 Å². The van der Waals surface area contributed by atoms with Gasteiger partial charge in [-0.25, -0.2) is 0 Å². The van der Waals surface area contributed by atoms with Crippen LogP contribution in [0, 0.1) is 0 Å². The van der Waals surface area contributed by atoms with Crippen molar-refractivity contribution in [2.45, 2.75) is 0 Å². The van der Waals surface area contributed by atoms with Crippen LogP contribution in [0.5, 0.6) is 11.5 Å². The fraction of sp³-hybridized carbons (Fsp3) is 0.158. The van der Waals surface area contributed by atoms with Gasteiger partial charge in [0.1, 0.15) is 0 Å². The summed E-state index contributed by atoms with van der Waals surface area (Å²) in [5.41, 5.74) is 0.660. The third-order valence-electron chi connectivity index (χ3n) is 4.01. The van der Waals surface area contributed by atoms with E-state index in [-0.39, 0.29) is 11.5 Å². The Kier molecular flexibility index (Phi) is 4.86. The lowest BCUT2D eigenvalue weighted by Crippen LogP contribution is -2.21. The molecular weight excluding hydrogens is 356 g/mol. The Morgan fingerprint density at radius 1 is 1.08 bits per heavy atom. The molecule has 0 spiro atoms. The summed E-state index contributed by atoms with van der Waals surface area (Å²) < 4.78 is 11.9. The van der Waals surface area contributed by atoms with Crippen LogP contribution in [-0.4, -0.2) is 24.7 Å². The third-order valence-corrected chi connectivity index (χ3v) is 4.25. The van der Waals surface area contributed by atoms with Crippen LogP contribution in [0.3, 0.4) is 0 Å². The van der Waals surface area contributed by atoms with Crippen molar-refractivity contribution in [2.24, 2.45) is 7.05 Å². The Morgan fingerprint density at radius 2 is 1.73 bits per heavy atom. The van der Waals surface area contributed by atoms with Gasteiger partial charge in [0.25, 0.3) is 11.5 Å². The molecule has 0 aliphatic heterocycles. The SMILES string of the molecule is COc1cc2c(C(=O)Nc3cccc(Cl)c3)cn(C)c(=O)c2cc1OC. The summed E-state index contributed by atoms with van der Waals surface area (Å²) in [6.45, 7) is 0. The first kappa shape index (κ1) is 17.8. The number of benzene rings is 2. The van der Waals surface area contributed by atoms with Crippen LogP contribution in [0.15, 0.2) is 47.4 Å². The minimum absolute atomic E-state index is 0.236. The summed E-state index contributed by atoms with van der Waals surface area (Å²) in [6, 6.07) is 10.0. The number of hydrogen-bond acceptors (Lipinski definition) is 4. The Hall–Kier alpha value is -2.99. The van der Waals surface area contributed by atoms with E-state index in [1.54, 1.807) is 43.4 Å². The molecular formula is C19H17ClN2O4. The molecule has 6 nitrogen and oxygen atoms in total. The molecule has 3 rings (SSSR count). The van der Waals surface area contributed by atoms with Crippen LogP contribution in [0.4, 0.5) is 5.69 Å². The van der Waals surface area contributed by atoms with Crippen LogP contribution in [0.2, 0.25) is 5.02 Å². The number of carbonyl (C=O) groups excluding carboxylic acids is 1. The van der Waals surface area contributed by atoms with Crippen LogP contribution in [0.1, 0.15) is 10.4 Å². The molecule has 0 radical (unpaired) electrons. The molecule has 1 aromatic heterocycles. The third kappa shape index (κ3) is 3.23. The van der Waals surface area contributed by atoms with Gasteiger partial charge in [-0.1, -0.05) is 17.7 Å². The number of nitrogens with one attached hydrogen (secondary N) is 1. The molecule has 134 valence electrons. The van der Waals surface area contributed by atoms with E-state index in [4.69, 9.17) is 21.1 Å². The molecule has 1 amide bonds. The maximum Gasteiger partial charge on any atom is 0.258 e. The predicted molar refractivity (Wildman–Crippen MR) is 102 cm³/mol. The first-order chi connectivity index (χ1) is 12.4. The molecule has 0 atom stereocenters. The van der Waals surface area contributed by atoms with Crippen molar-refractivity contribution < 1.29 is 14.3 Å². The molecule has 0 unspecified atom stereocenters. The maximum absolute atomic E-state index is 12.8. The van der Waals surface area contributed by atoms with Crippen LogP contribution < -0.4 is 20.3 Å². The van der Waals surface area contributed by atoms with Gasteiger partial charge in [0.15, 0.2) is 11.5 Å². The summed E-state index contributed by atoms with van der Waals surface area (Å²) >= 11 is 5.96. The number of ether oxygens (including phenoxy) is 2. The van der Waals surface area contributed by atoms with Crippen molar-refractivity contribution in [3.8, 4) is 11.5 Å². The molecule has 7 heteroatoms. The van der Waals surface area contributed by atoms with E-state index in [1.165, 1.54) is 25.0 Å². The topological polar surface area (TPSA) is 69.6 Å². The zero-order valence-corrected chi connectivity index (χ0v) is 15.3. The second-order valence-corrected chi connectivity index (χ2v) is 6.11. The van der Waals surface area contributed by atoms with Crippen molar-refractivity contribution in [1.29, 1.82) is 0 Å². The highest BCUT2D eigenvalue weighted by atomic mass is 35.5. The van der Waals surface area contributed by atoms with Crippen molar-refractivity contribution in [3.63, 3.8) is 0 Å². The summed E-state index contributed by atoms with van der Waals surface area (Å²) in [5, 5.41) is 4.15. The van der Waals surface area contributed by atoms with Crippen molar-refractivity contribution in [3.05, 3.63) is 63.5 Å². The molecule has 0 saturated heterocycles. The average molecular weight is 373 g/mol. The first-order valence-corrected chi connectivity index (χ1v) is 8.14. The molecule has 26 heavy (non-hydrogen) atoms. The summed E-state index contributed by atoms with van der Waals surface area (Å²) in [6.07, 6.45) is 1.50. The monoisotopic (exact) mass is 372 g/mol. The van der Waals surface area contributed by atoms with Crippen LogP contribution in [-0.2, 0) is 7.05 Å². The largest absolute Gasteiger partial charge is 0.493 e. The minimum Gasteiger partial charge on any atom is -0.493 e. The average Bonchev–Trinajstić information content (AvgIpc) is 2.63. The van der Waals surface area contributed by atoms with Gasteiger partial charge in [-0.2, -0.15) is 0 Å². The maximum atomic E-state index is 12.8. The zero-order valence-electron chi connectivity index (χ0n) is 14.5. The van der Waals surface area contributed by atoms with Gasteiger partial charge in [0, 0.05) is 29.3 Å². The highest BCUT2D eigenvalue weighted by Crippen LogP contribution is 2.32. The number of rotatable bonds is 4. The molecule has 0 aliphatic carbocycles. The Labute approximate surface area is 154 Å². The fourth-order valence-electron chi connectivity index (χ4n) is 2.74. The number of carbonyl (C=O) groups is 1. The number of nitrogens with zero attached hydrogens (tertiary/aromatic N) is 1. The van der Waals surface area contributed by atoms with E-state index in [0.29, 0.717) is 38.5 Å². The number of methoxy groups -OCH3 is 2. The second-order valence-electron chi connectivity index (χ2n) is 5.68. The lowest BCUT2D eigenvalue weighted by atomic mass is 10.1. The number of anilines is 1. The standard InChI is InChI=1S/C19H17ClN2O4/c1-22-10-15(18(23)21-12-6-4-5-11(20)7-12)13-8-16(25-2)17(26-3)9-14(13)19(22)24/h4-10H,1-3H3,(H,21,23). The second kappa shape index (κ2) is 7.09. The molecule has 0 bridgehead atoms. The number of fused-ring (bicyclic) bond motifs is 1. The molecule has 1 heterocycles. The van der Waals surface area contributed by atoms with E-state index in [1.807, 2.05) is 0 Å². The number of aromatic nitrogens is 1. The van der Waals surface area contributed by atoms with Gasteiger partial charge < -0.3 is 19.4 Å². The lowest BCUT2D eigenvalue weighted by Gasteiger charge is -2.13. The van der Waals surface area contributed by atoms with E-state index in [0.717, 1.165) is 0 Å². The van der Waals surface area contributed by atoms with Crippen molar-refractivity contribution in [1.82, 2.24) is 4.57 Å².